The van der Waals surface area contributed by atoms with Crippen LogP contribution < -0.4 is 16.4 Å². The van der Waals surface area contributed by atoms with E-state index in [0.29, 0.717) is 18.5 Å². The van der Waals surface area contributed by atoms with E-state index in [1.54, 1.807) is 20.8 Å². The first-order valence-corrected chi connectivity index (χ1v) is 9.52. The number of rotatable bonds is 4. The molecule has 0 saturated heterocycles. The van der Waals surface area contributed by atoms with Crippen LogP contribution in [0, 0.1) is 0 Å². The highest BCUT2D eigenvalue weighted by Crippen LogP contribution is 2.31. The summed E-state index contributed by atoms with van der Waals surface area (Å²) in [6.45, 7) is 5.82. The molecule has 29 heavy (non-hydrogen) atoms. The molecule has 7 nitrogen and oxygen atoms in total. The third-order valence-electron chi connectivity index (χ3n) is 4.33. The number of nitrogens with one attached hydrogen (secondary N) is 2. The van der Waals surface area contributed by atoms with Crippen LogP contribution in [-0.4, -0.2) is 36.7 Å². The third-order valence-corrected chi connectivity index (χ3v) is 4.33. The third kappa shape index (κ3) is 5.34. The number of guanidine groups is 1. The smallest absolute Gasteiger partial charge is 0.414 e. The Kier molecular flexibility index (Phi) is 5.87. The van der Waals surface area contributed by atoms with Crippen molar-refractivity contribution in [3.05, 3.63) is 53.1 Å². The van der Waals surface area contributed by atoms with Gasteiger partial charge < -0.3 is 15.8 Å². The Labute approximate surface area is 170 Å². The topological polar surface area (TPSA) is 106 Å². The van der Waals surface area contributed by atoms with E-state index < -0.39 is 11.7 Å². The van der Waals surface area contributed by atoms with Crippen molar-refractivity contribution in [2.75, 3.05) is 13.1 Å². The average Bonchev–Trinajstić information content (AvgIpc) is 2.63. The Bertz CT molecular complexity index is 998. The Balaban J connectivity index is 1.53. The molecule has 3 rings (SSSR count). The number of hydrogen-bond acceptors (Lipinski definition) is 4. The summed E-state index contributed by atoms with van der Waals surface area (Å²) in [4.78, 5) is 28.2. The first kappa shape index (κ1) is 20.4. The van der Waals surface area contributed by atoms with Crippen LogP contribution in [0.1, 0.15) is 31.9 Å². The fraction of sp³-hybridized carbons (Fsp3) is 0.318. The number of amides is 2. The van der Waals surface area contributed by atoms with Gasteiger partial charge in [-0.25, -0.2) is 4.79 Å². The number of nitrogens with zero attached hydrogens (tertiary/aromatic N) is 1. The minimum absolute atomic E-state index is 0.0500. The first-order chi connectivity index (χ1) is 13.7. The monoisotopic (exact) mass is 394 g/mol. The Morgan fingerprint density at radius 2 is 1.90 bits per heavy atom. The van der Waals surface area contributed by atoms with E-state index in [9.17, 15) is 9.59 Å². The summed E-state index contributed by atoms with van der Waals surface area (Å²) in [6.07, 6.45) is 1.86. The molecule has 0 unspecified atom stereocenters. The molecule has 2 aromatic carbocycles. The second-order valence-electron chi connectivity index (χ2n) is 7.86. The zero-order valence-electron chi connectivity index (χ0n) is 16.9. The van der Waals surface area contributed by atoms with Crippen LogP contribution in [0.3, 0.4) is 0 Å². The van der Waals surface area contributed by atoms with Crippen LogP contribution in [0.5, 0.6) is 0 Å². The number of nitrogens with two attached hydrogens (primary N) is 1. The highest BCUT2D eigenvalue weighted by Gasteiger charge is 2.18. The molecule has 4 N–H and O–H groups in total. The van der Waals surface area contributed by atoms with E-state index in [2.05, 4.69) is 33.8 Å². The van der Waals surface area contributed by atoms with Gasteiger partial charge in [0.2, 0.25) is 5.91 Å². The van der Waals surface area contributed by atoms with Gasteiger partial charge in [0, 0.05) is 18.5 Å². The number of alkyl carbamates (subject to hydrolysis) is 1. The predicted molar refractivity (Wildman–Crippen MR) is 114 cm³/mol. The fourth-order valence-corrected chi connectivity index (χ4v) is 3.21. The quantitative estimate of drug-likeness (QED) is 0.421. The molecule has 0 fully saturated rings. The molecule has 152 valence electrons. The molecule has 0 spiro atoms. The molecule has 0 bridgehead atoms. The lowest BCUT2D eigenvalue weighted by atomic mass is 9.89. The van der Waals surface area contributed by atoms with E-state index in [0.717, 1.165) is 11.1 Å². The van der Waals surface area contributed by atoms with Crippen molar-refractivity contribution < 1.29 is 14.3 Å². The molecule has 7 heteroatoms. The number of benzene rings is 2. The lowest BCUT2D eigenvalue weighted by Gasteiger charge is -2.19. The molecule has 0 atom stereocenters. The second kappa shape index (κ2) is 8.34. The number of carbonyl (C=O) groups is 2. The van der Waals surface area contributed by atoms with Crippen LogP contribution in [0.25, 0.3) is 16.8 Å². The number of ether oxygens (including phenoxy) is 1. The van der Waals surface area contributed by atoms with Crippen molar-refractivity contribution in [3.63, 3.8) is 0 Å². The highest BCUT2D eigenvalue weighted by molar-refractivity contribution is 6.05. The highest BCUT2D eigenvalue weighted by atomic mass is 16.6. The molecule has 2 aromatic rings. The molecule has 0 aliphatic heterocycles. The summed E-state index contributed by atoms with van der Waals surface area (Å²) in [6, 6.07) is 12.2. The first-order valence-electron chi connectivity index (χ1n) is 9.52. The van der Waals surface area contributed by atoms with Gasteiger partial charge in [-0.1, -0.05) is 36.4 Å². The van der Waals surface area contributed by atoms with Gasteiger partial charge in [-0.3, -0.25) is 15.1 Å². The molecular weight excluding hydrogens is 368 g/mol. The van der Waals surface area contributed by atoms with Gasteiger partial charge in [-0.05, 0) is 48.7 Å². The summed E-state index contributed by atoms with van der Waals surface area (Å²) in [5.74, 6) is -0.184. The van der Waals surface area contributed by atoms with Crippen molar-refractivity contribution in [1.82, 2.24) is 10.6 Å². The van der Waals surface area contributed by atoms with Crippen molar-refractivity contribution >= 4 is 34.8 Å². The predicted octanol–water partition coefficient (Wildman–Crippen LogP) is 2.73. The van der Waals surface area contributed by atoms with Crippen LogP contribution in [0.4, 0.5) is 4.79 Å². The Morgan fingerprint density at radius 3 is 2.62 bits per heavy atom. The molecule has 1 aliphatic carbocycles. The molecule has 0 saturated carbocycles. The average molecular weight is 394 g/mol. The zero-order valence-corrected chi connectivity index (χ0v) is 16.9. The number of hydrogen-bond donors (Lipinski definition) is 3. The number of carbonyl (C=O) groups excluding carboxylic acids is 2. The van der Waals surface area contributed by atoms with Crippen molar-refractivity contribution in [1.29, 1.82) is 0 Å². The molecule has 2 amide bonds. The Hall–Kier alpha value is -3.35. The van der Waals surface area contributed by atoms with Crippen molar-refractivity contribution in [3.8, 4) is 0 Å². The standard InChI is InChI=1S/C22H26N4O3/c1-22(2,3)29-21(28)26-20(23)25-11-10-24-19(27)17-12-15-8-4-6-14-7-5-9-16(13-17)18(14)15/h4-9,12H,10-11,13H2,1-3H3,(H,24,27)(H3,23,25,26,28). The lowest BCUT2D eigenvalue weighted by molar-refractivity contribution is -0.117. The van der Waals surface area contributed by atoms with Gasteiger partial charge in [0.1, 0.15) is 5.60 Å². The van der Waals surface area contributed by atoms with Crippen LogP contribution in [0.15, 0.2) is 47.0 Å². The van der Waals surface area contributed by atoms with E-state index in [1.165, 1.54) is 10.8 Å². The van der Waals surface area contributed by atoms with E-state index in [4.69, 9.17) is 10.5 Å². The van der Waals surface area contributed by atoms with Crippen LogP contribution in [-0.2, 0) is 16.0 Å². The van der Waals surface area contributed by atoms with E-state index in [-0.39, 0.29) is 18.4 Å². The maximum absolute atomic E-state index is 12.6. The van der Waals surface area contributed by atoms with Crippen molar-refractivity contribution in [2.45, 2.75) is 32.8 Å². The van der Waals surface area contributed by atoms with Crippen molar-refractivity contribution in [2.24, 2.45) is 10.7 Å². The minimum Gasteiger partial charge on any atom is -0.444 e. The molecule has 0 radical (unpaired) electrons. The Morgan fingerprint density at radius 1 is 1.17 bits per heavy atom. The molecule has 0 aromatic heterocycles. The largest absolute Gasteiger partial charge is 0.444 e. The maximum atomic E-state index is 12.6. The number of aliphatic imine (C=N–C) groups is 1. The van der Waals surface area contributed by atoms with Crippen LogP contribution >= 0.6 is 0 Å². The summed E-state index contributed by atoms with van der Waals surface area (Å²) < 4.78 is 5.10. The van der Waals surface area contributed by atoms with Gasteiger partial charge in [-0.2, -0.15) is 0 Å². The zero-order chi connectivity index (χ0) is 21.0. The van der Waals surface area contributed by atoms with Gasteiger partial charge in [-0.15, -0.1) is 0 Å². The lowest BCUT2D eigenvalue weighted by Crippen LogP contribution is -2.41. The summed E-state index contributed by atoms with van der Waals surface area (Å²) in [5.41, 5.74) is 7.96. The molecular formula is C22H26N4O3. The maximum Gasteiger partial charge on any atom is 0.414 e. The molecule has 1 aliphatic rings. The van der Waals surface area contributed by atoms with Gasteiger partial charge in [0.25, 0.3) is 0 Å². The normalized spacial score (nSPS) is 13.6. The van der Waals surface area contributed by atoms with E-state index in [1.807, 2.05) is 24.3 Å². The van der Waals surface area contributed by atoms with Gasteiger partial charge in [0.05, 0.1) is 6.54 Å². The van der Waals surface area contributed by atoms with Crippen LogP contribution in [0.2, 0.25) is 0 Å². The van der Waals surface area contributed by atoms with E-state index >= 15 is 0 Å². The molecule has 0 heterocycles. The minimum atomic E-state index is -0.664. The van der Waals surface area contributed by atoms with Gasteiger partial charge >= 0.3 is 6.09 Å². The summed E-state index contributed by atoms with van der Waals surface area (Å²) >= 11 is 0. The second-order valence-corrected chi connectivity index (χ2v) is 7.86. The summed E-state index contributed by atoms with van der Waals surface area (Å²) in [7, 11) is 0. The fourth-order valence-electron chi connectivity index (χ4n) is 3.21. The summed E-state index contributed by atoms with van der Waals surface area (Å²) in [5, 5.41) is 7.59. The van der Waals surface area contributed by atoms with Gasteiger partial charge in [0.15, 0.2) is 5.96 Å². The SMILES string of the molecule is CC(C)(C)OC(=O)NC(N)=NCCNC(=O)C1=Cc2cccc3cccc(c23)C1.